The number of alkyl halides is 1. The second-order valence-corrected chi connectivity index (χ2v) is 1.18. The van der Waals surface area contributed by atoms with Gasteiger partial charge in [-0.25, -0.2) is 0 Å². The van der Waals surface area contributed by atoms with Crippen LogP contribution in [0.25, 0.3) is 0 Å². The second kappa shape index (κ2) is 5.40. The molecule has 0 aliphatic heterocycles. The molecular formula is C3H7BrO2. The van der Waals surface area contributed by atoms with Crippen molar-refractivity contribution >= 4 is 15.9 Å². The van der Waals surface area contributed by atoms with E-state index in [0.717, 1.165) is 0 Å². The van der Waals surface area contributed by atoms with Crippen LogP contribution in [0.3, 0.4) is 0 Å². The summed E-state index contributed by atoms with van der Waals surface area (Å²) in [5, 5.41) is 0. The van der Waals surface area contributed by atoms with E-state index in [2.05, 4.69) is 25.4 Å². The molecule has 3 heteroatoms. The molecule has 0 radical (unpaired) electrons. The molecule has 0 aliphatic rings. The molecule has 0 aromatic carbocycles. The van der Waals surface area contributed by atoms with Crippen molar-refractivity contribution in [2.75, 3.05) is 19.4 Å². The van der Waals surface area contributed by atoms with Crippen molar-refractivity contribution in [3.8, 4) is 0 Å². The van der Waals surface area contributed by atoms with E-state index >= 15 is 0 Å². The van der Waals surface area contributed by atoms with Gasteiger partial charge in [-0.15, -0.1) is 0 Å². The third kappa shape index (κ3) is 4.40. The smallest absolute Gasteiger partial charge is 0.147 e. The lowest BCUT2D eigenvalue weighted by molar-refractivity contribution is -0.00823. The zero-order chi connectivity index (χ0) is 4.83. The first-order chi connectivity index (χ1) is 2.91. The van der Waals surface area contributed by atoms with Gasteiger partial charge in [-0.05, 0) is 0 Å². The number of rotatable bonds is 3. The number of ether oxygens (including phenoxy) is 2. The summed E-state index contributed by atoms with van der Waals surface area (Å²) in [7, 11) is 1.59. The van der Waals surface area contributed by atoms with Gasteiger partial charge in [0.2, 0.25) is 0 Å². The minimum absolute atomic E-state index is 0.366. The first-order valence-corrected chi connectivity index (χ1v) is 2.66. The van der Waals surface area contributed by atoms with E-state index in [-0.39, 0.29) is 0 Å². The number of hydrogen-bond donors (Lipinski definition) is 0. The van der Waals surface area contributed by atoms with Crippen molar-refractivity contribution < 1.29 is 9.47 Å². The summed E-state index contributed by atoms with van der Waals surface area (Å²) in [6.45, 7) is 0.366. The maximum atomic E-state index is 4.68. The quantitative estimate of drug-likeness (QED) is 0.343. The van der Waals surface area contributed by atoms with Gasteiger partial charge in [-0.2, -0.15) is 0 Å². The Kier molecular flexibility index (Phi) is 5.76. The van der Waals surface area contributed by atoms with Gasteiger partial charge in [0.1, 0.15) is 12.3 Å². The largest absolute Gasteiger partial charge is 0.359 e. The molecule has 0 saturated heterocycles. The van der Waals surface area contributed by atoms with Gasteiger partial charge in [0.25, 0.3) is 0 Å². The van der Waals surface area contributed by atoms with Gasteiger partial charge in [0.05, 0.1) is 0 Å². The molecule has 0 aliphatic carbocycles. The number of hydrogen-bond acceptors (Lipinski definition) is 2. The van der Waals surface area contributed by atoms with Crippen molar-refractivity contribution in [3.05, 3.63) is 0 Å². The first kappa shape index (κ1) is 6.40. The fourth-order valence-electron chi connectivity index (χ4n) is 0.115. The van der Waals surface area contributed by atoms with E-state index in [1.807, 2.05) is 0 Å². The maximum Gasteiger partial charge on any atom is 0.147 e. The predicted molar refractivity (Wildman–Crippen MR) is 26.8 cm³/mol. The van der Waals surface area contributed by atoms with E-state index < -0.39 is 0 Å². The lowest BCUT2D eigenvalue weighted by Gasteiger charge is -1.92. The molecule has 0 aromatic rings. The average molecular weight is 155 g/mol. The topological polar surface area (TPSA) is 18.5 Å². The molecule has 0 spiro atoms. The third-order valence-electron chi connectivity index (χ3n) is 0.278. The van der Waals surface area contributed by atoms with Gasteiger partial charge in [-0.3, -0.25) is 0 Å². The molecule has 0 atom stereocenters. The Morgan fingerprint density at radius 3 is 2.50 bits per heavy atom. The van der Waals surface area contributed by atoms with Crippen LogP contribution in [-0.2, 0) is 9.47 Å². The Bertz CT molecular complexity index is 20.8. The molecule has 0 bridgehead atoms. The molecule has 2 nitrogen and oxygen atoms in total. The monoisotopic (exact) mass is 154 g/mol. The normalized spacial score (nSPS) is 9.00. The van der Waals surface area contributed by atoms with Crippen LogP contribution in [0.15, 0.2) is 0 Å². The molecule has 0 rings (SSSR count). The second-order valence-electron chi connectivity index (χ2n) is 0.720. The zero-order valence-electron chi connectivity index (χ0n) is 3.61. The summed E-state index contributed by atoms with van der Waals surface area (Å²) in [6.07, 6.45) is 0. The summed E-state index contributed by atoms with van der Waals surface area (Å²) in [4.78, 5) is 0. The van der Waals surface area contributed by atoms with Crippen LogP contribution in [0.5, 0.6) is 0 Å². The van der Waals surface area contributed by atoms with Crippen molar-refractivity contribution in [1.82, 2.24) is 0 Å². The Labute approximate surface area is 45.6 Å². The number of methoxy groups -OCH3 is 1. The minimum Gasteiger partial charge on any atom is -0.359 e. The number of halogens is 1. The highest BCUT2D eigenvalue weighted by molar-refractivity contribution is 9.09. The summed E-state index contributed by atoms with van der Waals surface area (Å²) in [5.41, 5.74) is 0.542. The summed E-state index contributed by atoms with van der Waals surface area (Å²) < 4.78 is 9.21. The van der Waals surface area contributed by atoms with Crippen LogP contribution in [0.2, 0.25) is 0 Å². The van der Waals surface area contributed by atoms with Gasteiger partial charge < -0.3 is 9.47 Å². The molecule has 38 valence electrons. The van der Waals surface area contributed by atoms with Crippen molar-refractivity contribution in [2.45, 2.75) is 0 Å². The van der Waals surface area contributed by atoms with E-state index in [1.54, 1.807) is 7.11 Å². The van der Waals surface area contributed by atoms with E-state index in [4.69, 9.17) is 0 Å². The van der Waals surface area contributed by atoms with Crippen LogP contribution in [0.1, 0.15) is 0 Å². The molecule has 0 aromatic heterocycles. The Hall–Kier alpha value is 0.400. The van der Waals surface area contributed by atoms with E-state index in [1.165, 1.54) is 0 Å². The molecule has 0 amide bonds. The van der Waals surface area contributed by atoms with Crippen LogP contribution >= 0.6 is 15.9 Å². The van der Waals surface area contributed by atoms with Crippen LogP contribution in [0, 0.1) is 0 Å². The first-order valence-electron chi connectivity index (χ1n) is 1.54. The van der Waals surface area contributed by atoms with Gasteiger partial charge in [0, 0.05) is 7.11 Å². The van der Waals surface area contributed by atoms with Crippen LogP contribution in [-0.4, -0.2) is 19.4 Å². The summed E-state index contributed by atoms with van der Waals surface area (Å²) in [5.74, 6) is 0. The highest BCUT2D eigenvalue weighted by atomic mass is 79.9. The van der Waals surface area contributed by atoms with Crippen molar-refractivity contribution in [2.24, 2.45) is 0 Å². The third-order valence-corrected chi connectivity index (χ3v) is 0.602. The Morgan fingerprint density at radius 2 is 2.33 bits per heavy atom. The van der Waals surface area contributed by atoms with E-state index in [0.29, 0.717) is 12.3 Å². The fourth-order valence-corrected chi connectivity index (χ4v) is 0.247. The standard InChI is InChI=1S/C3H7BrO2/c1-5-3-6-2-4/h2-3H2,1H3. The maximum absolute atomic E-state index is 4.68. The van der Waals surface area contributed by atoms with Gasteiger partial charge in [-0.1, -0.05) is 15.9 Å². The fraction of sp³-hybridized carbons (Fsp3) is 1.00. The Morgan fingerprint density at radius 1 is 1.67 bits per heavy atom. The van der Waals surface area contributed by atoms with Crippen molar-refractivity contribution in [1.29, 1.82) is 0 Å². The zero-order valence-corrected chi connectivity index (χ0v) is 5.19. The summed E-state index contributed by atoms with van der Waals surface area (Å²) in [6, 6.07) is 0. The molecular weight excluding hydrogens is 148 g/mol. The Balaban J connectivity index is 2.34. The van der Waals surface area contributed by atoms with Crippen LogP contribution in [0.4, 0.5) is 0 Å². The van der Waals surface area contributed by atoms with Gasteiger partial charge in [0.15, 0.2) is 0 Å². The minimum atomic E-state index is 0.366. The SMILES string of the molecule is COCOCBr. The molecule has 0 saturated carbocycles. The highest BCUT2D eigenvalue weighted by Gasteiger charge is 1.72. The molecule has 6 heavy (non-hydrogen) atoms. The highest BCUT2D eigenvalue weighted by Crippen LogP contribution is 1.79. The molecule has 0 unspecified atom stereocenters. The molecule has 0 fully saturated rings. The van der Waals surface area contributed by atoms with Gasteiger partial charge >= 0.3 is 0 Å². The molecule has 0 N–H and O–H groups in total. The average Bonchev–Trinajstić information content (AvgIpc) is 1.61. The summed E-state index contributed by atoms with van der Waals surface area (Å²) >= 11 is 3.05. The molecule has 0 heterocycles. The van der Waals surface area contributed by atoms with Crippen molar-refractivity contribution in [3.63, 3.8) is 0 Å². The lowest BCUT2D eigenvalue weighted by atomic mass is 11.4. The van der Waals surface area contributed by atoms with Crippen LogP contribution < -0.4 is 0 Å². The lowest BCUT2D eigenvalue weighted by Crippen LogP contribution is -1.91. The predicted octanol–water partition coefficient (Wildman–Crippen LogP) is 0.959. The van der Waals surface area contributed by atoms with E-state index in [9.17, 15) is 0 Å².